The summed E-state index contributed by atoms with van der Waals surface area (Å²) in [4.78, 5) is 34.3. The molecule has 23 heavy (non-hydrogen) atoms. The first-order valence-corrected chi connectivity index (χ1v) is 8.13. The van der Waals surface area contributed by atoms with Gasteiger partial charge in [0.1, 0.15) is 0 Å². The largest absolute Gasteiger partial charge is 0.478 e. The van der Waals surface area contributed by atoms with Crippen LogP contribution in [0.25, 0.3) is 0 Å². The van der Waals surface area contributed by atoms with Gasteiger partial charge in [-0.15, -0.1) is 0 Å². The third kappa shape index (κ3) is 7.30. The SMILES string of the molecule is C=C(C)C(=O)OC(CCCCCCCCCC)(C(=O)O)C(=O)O. The lowest BCUT2D eigenvalue weighted by atomic mass is 9.95. The molecule has 0 fully saturated rings. The molecule has 0 amide bonds. The van der Waals surface area contributed by atoms with Crippen LogP contribution < -0.4 is 0 Å². The molecule has 0 spiro atoms. The molecule has 0 rings (SSSR count). The molecule has 0 aromatic rings. The second-order valence-electron chi connectivity index (χ2n) is 5.83. The Morgan fingerprint density at radius 2 is 1.35 bits per heavy atom. The summed E-state index contributed by atoms with van der Waals surface area (Å²) in [5.41, 5.74) is -2.56. The summed E-state index contributed by atoms with van der Waals surface area (Å²) >= 11 is 0. The minimum Gasteiger partial charge on any atom is -0.478 e. The second-order valence-corrected chi connectivity index (χ2v) is 5.83. The standard InChI is InChI=1S/C17H28O6/c1-4-5-6-7-8-9-10-11-12-17(15(19)20,16(21)22)23-14(18)13(2)3/h2,4-12H2,1,3H3,(H,19,20)(H,21,22). The Morgan fingerprint density at radius 3 is 1.74 bits per heavy atom. The summed E-state index contributed by atoms with van der Waals surface area (Å²) in [5.74, 6) is -4.33. The average Bonchev–Trinajstić information content (AvgIpc) is 2.47. The third-order valence-corrected chi connectivity index (χ3v) is 3.69. The van der Waals surface area contributed by atoms with E-state index in [0.29, 0.717) is 12.8 Å². The van der Waals surface area contributed by atoms with Crippen molar-refractivity contribution in [3.05, 3.63) is 12.2 Å². The number of unbranched alkanes of at least 4 members (excludes halogenated alkanes) is 7. The third-order valence-electron chi connectivity index (χ3n) is 3.69. The molecule has 0 bridgehead atoms. The molecule has 0 aliphatic rings. The predicted octanol–water partition coefficient (Wildman–Crippen LogP) is 3.54. The molecule has 6 heteroatoms. The topological polar surface area (TPSA) is 101 Å². The average molecular weight is 328 g/mol. The fraction of sp³-hybridized carbons (Fsp3) is 0.706. The van der Waals surface area contributed by atoms with Gasteiger partial charge in [0, 0.05) is 12.0 Å². The summed E-state index contributed by atoms with van der Waals surface area (Å²) in [6, 6.07) is 0. The van der Waals surface area contributed by atoms with Crippen molar-refractivity contribution in [1.29, 1.82) is 0 Å². The van der Waals surface area contributed by atoms with Crippen molar-refractivity contribution in [2.75, 3.05) is 0 Å². The van der Waals surface area contributed by atoms with Gasteiger partial charge in [-0.3, -0.25) is 0 Å². The second kappa shape index (κ2) is 10.8. The van der Waals surface area contributed by atoms with E-state index >= 15 is 0 Å². The maximum Gasteiger partial charge on any atom is 0.360 e. The lowest BCUT2D eigenvalue weighted by Crippen LogP contribution is -2.50. The molecule has 0 radical (unpaired) electrons. The summed E-state index contributed by atoms with van der Waals surface area (Å²) < 4.78 is 4.74. The number of esters is 1. The van der Waals surface area contributed by atoms with Crippen LogP contribution in [0.15, 0.2) is 12.2 Å². The smallest absolute Gasteiger partial charge is 0.360 e. The van der Waals surface area contributed by atoms with Crippen LogP contribution in [0.3, 0.4) is 0 Å². The maximum absolute atomic E-state index is 11.6. The fourth-order valence-electron chi connectivity index (χ4n) is 2.20. The van der Waals surface area contributed by atoms with Crippen molar-refractivity contribution in [2.24, 2.45) is 0 Å². The highest BCUT2D eigenvalue weighted by Crippen LogP contribution is 2.23. The molecule has 6 nitrogen and oxygen atoms in total. The number of aliphatic carboxylic acids is 2. The number of carbonyl (C=O) groups excluding carboxylic acids is 1. The maximum atomic E-state index is 11.6. The van der Waals surface area contributed by atoms with E-state index in [1.54, 1.807) is 0 Å². The van der Waals surface area contributed by atoms with Gasteiger partial charge in [-0.2, -0.15) is 0 Å². The van der Waals surface area contributed by atoms with E-state index < -0.39 is 23.5 Å². The summed E-state index contributed by atoms with van der Waals surface area (Å²) in [6.07, 6.45) is 7.47. The number of carbonyl (C=O) groups is 3. The lowest BCUT2D eigenvalue weighted by molar-refractivity contribution is -0.189. The van der Waals surface area contributed by atoms with Crippen molar-refractivity contribution in [3.8, 4) is 0 Å². The van der Waals surface area contributed by atoms with Crippen molar-refractivity contribution in [2.45, 2.75) is 77.2 Å². The van der Waals surface area contributed by atoms with Gasteiger partial charge in [0.25, 0.3) is 0 Å². The van der Waals surface area contributed by atoms with Crippen LogP contribution in [-0.4, -0.2) is 33.7 Å². The predicted molar refractivity (Wildman–Crippen MR) is 86.1 cm³/mol. The zero-order chi connectivity index (χ0) is 17.9. The van der Waals surface area contributed by atoms with Gasteiger partial charge in [-0.1, -0.05) is 58.4 Å². The molecule has 0 saturated carbocycles. The number of hydrogen-bond donors (Lipinski definition) is 2. The summed E-state index contributed by atoms with van der Waals surface area (Å²) in [6.45, 7) is 6.83. The summed E-state index contributed by atoms with van der Waals surface area (Å²) in [5, 5.41) is 18.5. The molecule has 0 aliphatic heterocycles. The van der Waals surface area contributed by atoms with E-state index in [2.05, 4.69) is 13.5 Å². The number of ether oxygens (including phenoxy) is 1. The Kier molecular flexibility index (Phi) is 9.94. The minimum atomic E-state index is -2.53. The monoisotopic (exact) mass is 328 g/mol. The van der Waals surface area contributed by atoms with Crippen LogP contribution in [0.2, 0.25) is 0 Å². The van der Waals surface area contributed by atoms with E-state index in [4.69, 9.17) is 4.74 Å². The van der Waals surface area contributed by atoms with E-state index in [9.17, 15) is 24.6 Å². The van der Waals surface area contributed by atoms with Crippen LogP contribution in [0, 0.1) is 0 Å². The van der Waals surface area contributed by atoms with Crippen molar-refractivity contribution in [3.63, 3.8) is 0 Å². The Balaban J connectivity index is 4.49. The van der Waals surface area contributed by atoms with Crippen LogP contribution in [0.4, 0.5) is 0 Å². The molecule has 0 aromatic heterocycles. The van der Waals surface area contributed by atoms with Gasteiger partial charge in [-0.25, -0.2) is 14.4 Å². The number of carboxylic acids is 2. The molecule has 132 valence electrons. The molecular formula is C17H28O6. The minimum absolute atomic E-state index is 0.0344. The van der Waals surface area contributed by atoms with Gasteiger partial charge in [0.2, 0.25) is 0 Å². The van der Waals surface area contributed by atoms with Gasteiger partial charge in [0.05, 0.1) is 0 Å². The highest BCUT2D eigenvalue weighted by atomic mass is 16.6. The zero-order valence-corrected chi connectivity index (χ0v) is 14.1. The zero-order valence-electron chi connectivity index (χ0n) is 14.1. The van der Waals surface area contributed by atoms with Crippen LogP contribution >= 0.6 is 0 Å². The van der Waals surface area contributed by atoms with Crippen LogP contribution in [0.1, 0.15) is 71.6 Å². The van der Waals surface area contributed by atoms with E-state index in [-0.39, 0.29) is 12.0 Å². The normalized spacial score (nSPS) is 11.0. The Morgan fingerprint density at radius 1 is 0.913 bits per heavy atom. The number of hydrogen-bond acceptors (Lipinski definition) is 4. The quantitative estimate of drug-likeness (QED) is 0.232. The molecule has 0 aromatic carbocycles. The Bertz CT molecular complexity index is 413. The molecular weight excluding hydrogens is 300 g/mol. The first-order valence-electron chi connectivity index (χ1n) is 8.13. The van der Waals surface area contributed by atoms with Gasteiger partial charge < -0.3 is 14.9 Å². The van der Waals surface area contributed by atoms with Crippen molar-refractivity contribution in [1.82, 2.24) is 0 Å². The lowest BCUT2D eigenvalue weighted by Gasteiger charge is -2.25. The molecule has 0 atom stereocenters. The first-order chi connectivity index (χ1) is 10.8. The highest BCUT2D eigenvalue weighted by molar-refractivity contribution is 6.04. The van der Waals surface area contributed by atoms with Gasteiger partial charge in [0.15, 0.2) is 0 Å². The number of rotatable bonds is 13. The molecule has 0 aliphatic carbocycles. The summed E-state index contributed by atoms with van der Waals surface area (Å²) in [7, 11) is 0. The van der Waals surface area contributed by atoms with Crippen molar-refractivity contribution >= 4 is 17.9 Å². The Labute approximate surface area is 137 Å². The van der Waals surface area contributed by atoms with Gasteiger partial charge in [-0.05, 0) is 13.3 Å². The number of carboxylic acid groups (broad SMARTS) is 2. The van der Waals surface area contributed by atoms with E-state index in [0.717, 1.165) is 19.3 Å². The van der Waals surface area contributed by atoms with E-state index in [1.807, 2.05) is 0 Å². The highest BCUT2D eigenvalue weighted by Gasteiger charge is 2.50. The Hall–Kier alpha value is -1.85. The first kappa shape index (κ1) is 21.1. The van der Waals surface area contributed by atoms with Crippen molar-refractivity contribution < 1.29 is 29.3 Å². The molecule has 0 unspecified atom stereocenters. The van der Waals surface area contributed by atoms with E-state index in [1.165, 1.54) is 26.2 Å². The fourth-order valence-corrected chi connectivity index (χ4v) is 2.20. The van der Waals surface area contributed by atoms with Crippen LogP contribution in [-0.2, 0) is 19.1 Å². The van der Waals surface area contributed by atoms with Crippen LogP contribution in [0.5, 0.6) is 0 Å². The molecule has 0 heterocycles. The molecule has 2 N–H and O–H groups in total. The molecule has 0 saturated heterocycles. The van der Waals surface area contributed by atoms with Gasteiger partial charge >= 0.3 is 23.5 Å².